The minimum Gasteiger partial charge on any atom is -0.368 e. The molecular formula is C25H25N7O3. The van der Waals surface area contributed by atoms with Crippen molar-refractivity contribution in [2.45, 2.75) is 25.2 Å². The van der Waals surface area contributed by atoms with E-state index >= 15 is 0 Å². The molecule has 1 aromatic carbocycles. The summed E-state index contributed by atoms with van der Waals surface area (Å²) in [6.07, 6.45) is 8.20. The van der Waals surface area contributed by atoms with E-state index in [1.807, 2.05) is 47.1 Å². The van der Waals surface area contributed by atoms with E-state index in [4.69, 9.17) is 4.74 Å². The predicted molar refractivity (Wildman–Crippen MR) is 127 cm³/mol. The molecule has 2 aliphatic rings. The molecule has 1 N–H and O–H groups in total. The van der Waals surface area contributed by atoms with Gasteiger partial charge >= 0.3 is 0 Å². The van der Waals surface area contributed by atoms with Crippen molar-refractivity contribution in [2.24, 2.45) is 0 Å². The Morgan fingerprint density at radius 2 is 1.91 bits per heavy atom. The number of amides is 2. The summed E-state index contributed by atoms with van der Waals surface area (Å²) >= 11 is 0. The molecule has 3 aromatic heterocycles. The number of carbonyl (C=O) groups excluding carboxylic acids is 2. The Morgan fingerprint density at radius 3 is 2.69 bits per heavy atom. The number of benzene rings is 1. The summed E-state index contributed by atoms with van der Waals surface area (Å²) in [5.74, 6) is -0.0123. The van der Waals surface area contributed by atoms with Gasteiger partial charge in [-0.05, 0) is 25.1 Å². The van der Waals surface area contributed by atoms with Crippen molar-refractivity contribution in [3.63, 3.8) is 0 Å². The summed E-state index contributed by atoms with van der Waals surface area (Å²) in [5.41, 5.74) is 3.66. The maximum atomic E-state index is 13.4. The number of ether oxygens (including phenoxy) is 1. The molecule has 178 valence electrons. The fourth-order valence-electron chi connectivity index (χ4n) is 4.89. The van der Waals surface area contributed by atoms with Gasteiger partial charge in [0.25, 0.3) is 5.91 Å². The molecule has 0 spiro atoms. The molecule has 3 unspecified atom stereocenters. The van der Waals surface area contributed by atoms with Crippen molar-refractivity contribution in [1.29, 1.82) is 0 Å². The highest BCUT2D eigenvalue weighted by Crippen LogP contribution is 2.25. The van der Waals surface area contributed by atoms with Gasteiger partial charge in [0.1, 0.15) is 11.6 Å². The minimum atomic E-state index is -0.328. The van der Waals surface area contributed by atoms with Gasteiger partial charge in [-0.15, -0.1) is 0 Å². The Bertz CT molecular complexity index is 1370. The molecule has 6 rings (SSSR count). The Morgan fingerprint density at radius 1 is 1.11 bits per heavy atom. The highest BCUT2D eigenvalue weighted by molar-refractivity contribution is 5.95. The molecule has 2 saturated heterocycles. The minimum absolute atomic E-state index is 0.0364. The van der Waals surface area contributed by atoms with Crippen molar-refractivity contribution in [1.82, 2.24) is 34.3 Å². The number of rotatable bonds is 4. The van der Waals surface area contributed by atoms with Crippen LogP contribution in [-0.2, 0) is 9.53 Å². The van der Waals surface area contributed by atoms with Gasteiger partial charge < -0.3 is 24.1 Å². The van der Waals surface area contributed by atoms with Crippen LogP contribution < -0.4 is 0 Å². The molecule has 0 radical (unpaired) electrons. The Balaban J connectivity index is 1.16. The van der Waals surface area contributed by atoms with Gasteiger partial charge in [0.2, 0.25) is 5.91 Å². The van der Waals surface area contributed by atoms with Crippen molar-refractivity contribution >= 4 is 23.0 Å². The number of imidazole rings is 1. The highest BCUT2D eigenvalue weighted by Gasteiger charge is 2.39. The zero-order chi connectivity index (χ0) is 23.9. The molecule has 4 aromatic rings. The number of morpholine rings is 2. The summed E-state index contributed by atoms with van der Waals surface area (Å²) in [7, 11) is 0. The number of fused-ring (bicyclic) bond motifs is 3. The number of H-pyrrole nitrogens is 1. The summed E-state index contributed by atoms with van der Waals surface area (Å²) in [6, 6.07) is 9.02. The summed E-state index contributed by atoms with van der Waals surface area (Å²) in [4.78, 5) is 46.2. The van der Waals surface area contributed by atoms with Crippen LogP contribution in [0.5, 0.6) is 0 Å². The van der Waals surface area contributed by atoms with Gasteiger partial charge in [-0.1, -0.05) is 12.1 Å². The highest BCUT2D eigenvalue weighted by atomic mass is 16.5. The molecule has 0 aliphatic carbocycles. The quantitative estimate of drug-likeness (QED) is 0.488. The summed E-state index contributed by atoms with van der Waals surface area (Å²) in [6.45, 7) is 3.68. The molecule has 3 atom stereocenters. The lowest BCUT2D eigenvalue weighted by Gasteiger charge is -2.46. The van der Waals surface area contributed by atoms with Gasteiger partial charge in [0, 0.05) is 55.9 Å². The van der Waals surface area contributed by atoms with E-state index < -0.39 is 0 Å². The number of aromatic amines is 1. The van der Waals surface area contributed by atoms with E-state index in [-0.39, 0.29) is 30.1 Å². The van der Waals surface area contributed by atoms with Crippen LogP contribution in [0.4, 0.5) is 0 Å². The SMILES string of the molecule is CC(C(=O)N1CC2CN(C(=O)c3cccc(-c4cnc5[nH]ccc5n4)c3)CC(C1)O2)n1ccnc1. The van der Waals surface area contributed by atoms with E-state index in [0.29, 0.717) is 37.4 Å². The molecule has 10 nitrogen and oxygen atoms in total. The van der Waals surface area contributed by atoms with Crippen LogP contribution in [0.25, 0.3) is 22.4 Å². The third kappa shape index (κ3) is 4.06. The second-order valence-corrected chi connectivity index (χ2v) is 9.07. The molecule has 2 aliphatic heterocycles. The molecule has 2 amide bonds. The fraction of sp³-hybridized carbons (Fsp3) is 0.320. The van der Waals surface area contributed by atoms with Gasteiger partial charge in [0.15, 0.2) is 5.65 Å². The largest absolute Gasteiger partial charge is 0.368 e. The van der Waals surface area contributed by atoms with Gasteiger partial charge in [-0.2, -0.15) is 0 Å². The van der Waals surface area contributed by atoms with Gasteiger partial charge in [-0.25, -0.2) is 15.0 Å². The molecule has 2 bridgehead atoms. The zero-order valence-corrected chi connectivity index (χ0v) is 19.2. The van der Waals surface area contributed by atoms with Crippen LogP contribution in [-0.4, -0.2) is 84.5 Å². The molecule has 5 heterocycles. The molecule has 10 heteroatoms. The van der Waals surface area contributed by atoms with Crippen LogP contribution in [0, 0.1) is 0 Å². The number of nitrogens with zero attached hydrogens (tertiary/aromatic N) is 6. The maximum Gasteiger partial charge on any atom is 0.254 e. The summed E-state index contributed by atoms with van der Waals surface area (Å²) < 4.78 is 7.89. The monoisotopic (exact) mass is 471 g/mol. The number of carbonyl (C=O) groups is 2. The predicted octanol–water partition coefficient (Wildman–Crippen LogP) is 2.13. The van der Waals surface area contributed by atoms with Crippen molar-refractivity contribution in [3.8, 4) is 11.3 Å². The van der Waals surface area contributed by atoms with Crippen LogP contribution in [0.3, 0.4) is 0 Å². The normalized spacial score (nSPS) is 20.7. The van der Waals surface area contributed by atoms with Gasteiger partial charge in [0.05, 0.1) is 30.4 Å². The first-order valence-electron chi connectivity index (χ1n) is 11.7. The van der Waals surface area contributed by atoms with E-state index in [2.05, 4.69) is 19.9 Å². The third-order valence-electron chi connectivity index (χ3n) is 6.68. The van der Waals surface area contributed by atoms with Crippen LogP contribution in [0.15, 0.2) is 61.4 Å². The Labute approximate surface area is 201 Å². The smallest absolute Gasteiger partial charge is 0.254 e. The number of aromatic nitrogens is 5. The second kappa shape index (κ2) is 8.62. The van der Waals surface area contributed by atoms with Crippen LogP contribution in [0.2, 0.25) is 0 Å². The molecule has 2 fully saturated rings. The lowest BCUT2D eigenvalue weighted by Crippen LogP contribution is -2.62. The molecule has 0 saturated carbocycles. The Hall–Kier alpha value is -4.05. The zero-order valence-electron chi connectivity index (χ0n) is 19.2. The summed E-state index contributed by atoms with van der Waals surface area (Å²) in [5, 5.41) is 0. The lowest BCUT2D eigenvalue weighted by molar-refractivity contribution is -0.159. The van der Waals surface area contributed by atoms with Crippen molar-refractivity contribution < 1.29 is 14.3 Å². The average molecular weight is 472 g/mol. The molecule has 35 heavy (non-hydrogen) atoms. The Kier molecular flexibility index (Phi) is 5.29. The van der Waals surface area contributed by atoms with E-state index in [1.165, 1.54) is 0 Å². The first-order chi connectivity index (χ1) is 17.0. The standard InChI is InChI=1S/C25H25N7O3/c1-16(30-8-7-26-15-30)24(33)31-11-19-13-32(14-20(12-31)35-19)25(34)18-4-2-3-17(9-18)22-10-28-23-21(29-22)5-6-27-23/h2-10,15-16,19-20H,11-14H2,1H3,(H,27,28). The van der Waals surface area contributed by atoms with E-state index in [9.17, 15) is 9.59 Å². The second-order valence-electron chi connectivity index (χ2n) is 9.07. The lowest BCUT2D eigenvalue weighted by atomic mass is 10.0. The number of hydrogen-bond acceptors (Lipinski definition) is 6. The van der Waals surface area contributed by atoms with Crippen molar-refractivity contribution in [3.05, 3.63) is 67.0 Å². The third-order valence-corrected chi connectivity index (χ3v) is 6.68. The van der Waals surface area contributed by atoms with Crippen LogP contribution >= 0.6 is 0 Å². The number of nitrogens with one attached hydrogen (secondary N) is 1. The van der Waals surface area contributed by atoms with E-state index in [1.54, 1.807) is 35.7 Å². The van der Waals surface area contributed by atoms with Gasteiger partial charge in [-0.3, -0.25) is 9.59 Å². The first kappa shape index (κ1) is 21.5. The fourth-order valence-corrected chi connectivity index (χ4v) is 4.89. The maximum absolute atomic E-state index is 13.4. The topological polar surface area (TPSA) is 109 Å². The number of hydrogen-bond donors (Lipinski definition) is 1. The van der Waals surface area contributed by atoms with Crippen LogP contribution in [0.1, 0.15) is 23.3 Å². The van der Waals surface area contributed by atoms with E-state index in [0.717, 1.165) is 16.7 Å². The first-order valence-corrected chi connectivity index (χ1v) is 11.7. The molecular weight excluding hydrogens is 446 g/mol. The van der Waals surface area contributed by atoms with Crippen molar-refractivity contribution in [2.75, 3.05) is 26.2 Å². The average Bonchev–Trinajstić information content (AvgIpc) is 3.59.